The lowest BCUT2D eigenvalue weighted by Crippen LogP contribution is -2.46. The fourth-order valence-electron chi connectivity index (χ4n) is 2.43. The van der Waals surface area contributed by atoms with Gasteiger partial charge in [-0.05, 0) is 12.8 Å². The number of amides is 2. The zero-order valence-electron chi connectivity index (χ0n) is 12.4. The number of carbonyl (C=O) groups is 2. The highest BCUT2D eigenvalue weighted by Crippen LogP contribution is 2.25. The molecule has 1 aromatic heterocycles. The molecule has 1 aliphatic heterocycles. The number of hydrogen-bond donors (Lipinski definition) is 2. The molecule has 0 bridgehead atoms. The van der Waals surface area contributed by atoms with E-state index in [0.717, 1.165) is 24.2 Å². The van der Waals surface area contributed by atoms with Crippen molar-refractivity contribution < 1.29 is 14.5 Å². The Morgan fingerprint density at radius 1 is 1.52 bits per heavy atom. The number of piperidine rings is 1. The van der Waals surface area contributed by atoms with Gasteiger partial charge in [-0.1, -0.05) is 11.3 Å². The fraction of sp³-hybridized carbons (Fsp3) is 0.538. The van der Waals surface area contributed by atoms with Gasteiger partial charge in [0.1, 0.15) is 0 Å². The van der Waals surface area contributed by atoms with E-state index in [9.17, 15) is 19.7 Å². The number of likely N-dealkylation sites (tertiary alicyclic amines) is 1. The molecule has 1 saturated heterocycles. The highest BCUT2D eigenvalue weighted by molar-refractivity contribution is 7.13. The number of thiophene rings is 1. The number of nitrogens with one attached hydrogen (secondary N) is 1. The largest absolute Gasteiger partial charge is 0.355 e. The van der Waals surface area contributed by atoms with Gasteiger partial charge in [-0.15, -0.1) is 12.4 Å². The quantitative estimate of drug-likeness (QED) is 0.598. The lowest BCUT2D eigenvalue weighted by Gasteiger charge is -2.31. The molecule has 0 spiro atoms. The van der Waals surface area contributed by atoms with Gasteiger partial charge in [0.05, 0.1) is 16.4 Å². The van der Waals surface area contributed by atoms with Crippen LogP contribution in [0.2, 0.25) is 0 Å². The summed E-state index contributed by atoms with van der Waals surface area (Å²) in [5, 5.41) is 14.8. The van der Waals surface area contributed by atoms with Crippen LogP contribution in [0.4, 0.5) is 5.00 Å². The zero-order valence-corrected chi connectivity index (χ0v) is 14.0. The van der Waals surface area contributed by atoms with Gasteiger partial charge in [0.2, 0.25) is 5.91 Å². The van der Waals surface area contributed by atoms with E-state index >= 15 is 0 Å². The van der Waals surface area contributed by atoms with Crippen LogP contribution in [0.1, 0.15) is 23.2 Å². The van der Waals surface area contributed by atoms with Gasteiger partial charge < -0.3 is 16.0 Å². The molecule has 0 radical (unpaired) electrons. The Kier molecular flexibility index (Phi) is 7.40. The first kappa shape index (κ1) is 19.3. The van der Waals surface area contributed by atoms with Gasteiger partial charge >= 0.3 is 5.00 Å². The van der Waals surface area contributed by atoms with Crippen LogP contribution in [0.15, 0.2) is 11.4 Å². The summed E-state index contributed by atoms with van der Waals surface area (Å²) in [4.78, 5) is 36.1. The summed E-state index contributed by atoms with van der Waals surface area (Å²) in [6.45, 7) is 1.68. The summed E-state index contributed by atoms with van der Waals surface area (Å²) in [5.41, 5.74) is 5.66. The highest BCUT2D eigenvalue weighted by atomic mass is 35.5. The molecule has 2 amide bonds. The zero-order chi connectivity index (χ0) is 16.1. The van der Waals surface area contributed by atoms with Crippen molar-refractivity contribution in [2.45, 2.75) is 12.8 Å². The molecule has 0 aromatic carbocycles. The van der Waals surface area contributed by atoms with Gasteiger partial charge in [0, 0.05) is 37.6 Å². The van der Waals surface area contributed by atoms with Crippen LogP contribution in [0, 0.1) is 16.0 Å². The minimum absolute atomic E-state index is 0. The lowest BCUT2D eigenvalue weighted by atomic mass is 9.96. The molecule has 2 rings (SSSR count). The second-order valence-electron chi connectivity index (χ2n) is 5.10. The van der Waals surface area contributed by atoms with E-state index < -0.39 is 4.92 Å². The van der Waals surface area contributed by atoms with Crippen LogP contribution in [-0.4, -0.2) is 47.8 Å². The third-order valence-corrected chi connectivity index (χ3v) is 4.42. The van der Waals surface area contributed by atoms with E-state index in [-0.39, 0.29) is 35.1 Å². The van der Waals surface area contributed by atoms with E-state index in [0.29, 0.717) is 31.7 Å². The molecule has 3 N–H and O–H groups in total. The van der Waals surface area contributed by atoms with Crippen molar-refractivity contribution >= 4 is 40.6 Å². The number of nitro groups is 1. The van der Waals surface area contributed by atoms with Crippen molar-refractivity contribution in [1.29, 1.82) is 0 Å². The number of nitrogens with zero attached hydrogens (tertiary/aromatic N) is 2. The van der Waals surface area contributed by atoms with E-state index in [1.54, 1.807) is 4.90 Å². The average Bonchev–Trinajstić information content (AvgIpc) is 3.02. The van der Waals surface area contributed by atoms with E-state index in [2.05, 4.69) is 5.32 Å². The molecule has 8 nitrogen and oxygen atoms in total. The van der Waals surface area contributed by atoms with E-state index in [4.69, 9.17) is 5.73 Å². The number of rotatable bonds is 5. The molecule has 0 aliphatic carbocycles. The molecule has 10 heteroatoms. The van der Waals surface area contributed by atoms with Crippen LogP contribution in [0.25, 0.3) is 0 Å². The van der Waals surface area contributed by atoms with Crippen molar-refractivity contribution in [2.24, 2.45) is 11.7 Å². The SMILES string of the molecule is Cl.NCCNC(=O)C1CCCN(C(=O)c2csc([N+](=O)[O-])c2)C1. The number of nitrogens with two attached hydrogens (primary N) is 1. The second-order valence-corrected chi connectivity index (χ2v) is 5.99. The molecular formula is C13H19ClN4O4S. The summed E-state index contributed by atoms with van der Waals surface area (Å²) < 4.78 is 0. The third kappa shape index (κ3) is 4.88. The van der Waals surface area contributed by atoms with E-state index in [1.807, 2.05) is 0 Å². The van der Waals surface area contributed by atoms with Gasteiger partial charge in [-0.3, -0.25) is 19.7 Å². The van der Waals surface area contributed by atoms with Gasteiger partial charge in [0.15, 0.2) is 0 Å². The summed E-state index contributed by atoms with van der Waals surface area (Å²) in [7, 11) is 0. The Morgan fingerprint density at radius 2 is 2.26 bits per heavy atom. The maximum atomic E-state index is 12.4. The standard InChI is InChI=1S/C13H18N4O4S.ClH/c14-3-4-15-12(18)9-2-1-5-16(7-9)13(19)10-6-11(17(20)21)22-8-10;/h6,8-9H,1-5,7,14H2,(H,15,18);1H. The van der Waals surface area contributed by atoms with Gasteiger partial charge in [-0.25, -0.2) is 0 Å². The number of halogens is 1. The Labute approximate surface area is 143 Å². The van der Waals surface area contributed by atoms with Crippen LogP contribution in [0.5, 0.6) is 0 Å². The van der Waals surface area contributed by atoms with Crippen LogP contribution in [0.3, 0.4) is 0 Å². The maximum Gasteiger partial charge on any atom is 0.324 e. The second kappa shape index (κ2) is 8.80. The summed E-state index contributed by atoms with van der Waals surface area (Å²) in [6, 6.07) is 1.28. The smallest absolute Gasteiger partial charge is 0.324 e. The fourth-order valence-corrected chi connectivity index (χ4v) is 3.13. The topological polar surface area (TPSA) is 119 Å². The van der Waals surface area contributed by atoms with Crippen molar-refractivity contribution in [3.63, 3.8) is 0 Å². The minimum Gasteiger partial charge on any atom is -0.355 e. The number of carbonyl (C=O) groups excluding carboxylic acids is 2. The van der Waals surface area contributed by atoms with Crippen LogP contribution >= 0.6 is 23.7 Å². The number of hydrogen-bond acceptors (Lipinski definition) is 6. The van der Waals surface area contributed by atoms with Crippen molar-refractivity contribution in [2.75, 3.05) is 26.2 Å². The Hall–Kier alpha value is -1.71. The average molecular weight is 363 g/mol. The van der Waals surface area contributed by atoms with Crippen molar-refractivity contribution in [3.8, 4) is 0 Å². The third-order valence-electron chi connectivity index (χ3n) is 3.54. The molecule has 1 unspecified atom stereocenters. The normalized spacial score (nSPS) is 17.3. The predicted octanol–water partition coefficient (Wildman–Crippen LogP) is 1.01. The van der Waals surface area contributed by atoms with Gasteiger partial charge in [-0.2, -0.15) is 0 Å². The molecule has 128 valence electrons. The van der Waals surface area contributed by atoms with Crippen molar-refractivity contribution in [1.82, 2.24) is 10.2 Å². The molecule has 23 heavy (non-hydrogen) atoms. The van der Waals surface area contributed by atoms with Crippen LogP contribution < -0.4 is 11.1 Å². The molecule has 1 aliphatic rings. The Balaban J connectivity index is 0.00000264. The molecular weight excluding hydrogens is 344 g/mol. The molecule has 1 fully saturated rings. The molecule has 2 heterocycles. The lowest BCUT2D eigenvalue weighted by molar-refractivity contribution is -0.380. The first-order valence-electron chi connectivity index (χ1n) is 7.03. The predicted molar refractivity (Wildman–Crippen MR) is 88.9 cm³/mol. The first-order valence-corrected chi connectivity index (χ1v) is 7.91. The van der Waals surface area contributed by atoms with Gasteiger partial charge in [0.25, 0.3) is 5.91 Å². The first-order chi connectivity index (χ1) is 10.5. The van der Waals surface area contributed by atoms with Crippen molar-refractivity contribution in [3.05, 3.63) is 27.1 Å². The summed E-state index contributed by atoms with van der Waals surface area (Å²) in [5.74, 6) is -0.613. The monoisotopic (exact) mass is 362 g/mol. The molecule has 1 aromatic rings. The summed E-state index contributed by atoms with van der Waals surface area (Å²) in [6.07, 6.45) is 1.46. The van der Waals surface area contributed by atoms with Crippen LogP contribution in [-0.2, 0) is 4.79 Å². The molecule has 1 atom stereocenters. The molecule has 0 saturated carbocycles. The van der Waals surface area contributed by atoms with E-state index in [1.165, 1.54) is 11.4 Å². The Morgan fingerprint density at radius 3 is 2.87 bits per heavy atom. The minimum atomic E-state index is -0.513. The maximum absolute atomic E-state index is 12.4. The highest BCUT2D eigenvalue weighted by Gasteiger charge is 2.29. The summed E-state index contributed by atoms with van der Waals surface area (Å²) >= 11 is 0.928. The Bertz CT molecular complexity index is 580.